The summed E-state index contributed by atoms with van der Waals surface area (Å²) < 4.78 is 10.8. The molecule has 0 spiro atoms. The van der Waals surface area contributed by atoms with Gasteiger partial charge in [-0.25, -0.2) is 0 Å². The first-order valence-electron chi connectivity index (χ1n) is 8.48. The number of fused-ring (bicyclic) bond motifs is 2. The number of aryl methyl sites for hydroxylation is 1. The lowest BCUT2D eigenvalue weighted by Crippen LogP contribution is -2.68. The Labute approximate surface area is 170 Å². The molecular weight excluding hydrogens is 404 g/mol. The number of nitrogens with zero attached hydrogens (tertiary/aromatic N) is 2. The van der Waals surface area contributed by atoms with Crippen LogP contribution < -0.4 is 9.47 Å². The van der Waals surface area contributed by atoms with Crippen molar-refractivity contribution in [3.63, 3.8) is 0 Å². The molecule has 0 aliphatic carbocycles. The molecule has 2 aromatic carbocycles. The Morgan fingerprint density at radius 2 is 1.93 bits per heavy atom. The van der Waals surface area contributed by atoms with Crippen LogP contribution in [-0.4, -0.2) is 35.3 Å². The molecule has 2 atom stereocenters. The molecule has 7 nitrogen and oxygen atoms in total. The second-order valence-electron chi connectivity index (χ2n) is 6.66. The van der Waals surface area contributed by atoms with Gasteiger partial charge in [0.1, 0.15) is 10.2 Å². The number of thioether (sulfide) groups is 1. The number of nitro benzene ring substituents is 1. The summed E-state index contributed by atoms with van der Waals surface area (Å²) in [5, 5.41) is 10.6. The Morgan fingerprint density at radius 3 is 2.57 bits per heavy atom. The number of nitro groups is 1. The molecule has 1 amide bonds. The minimum absolute atomic E-state index is 0.00810. The van der Waals surface area contributed by atoms with Crippen LogP contribution in [0.25, 0.3) is 0 Å². The van der Waals surface area contributed by atoms with Crippen molar-refractivity contribution in [2.24, 2.45) is 0 Å². The third-order valence-electron chi connectivity index (χ3n) is 5.21. The summed E-state index contributed by atoms with van der Waals surface area (Å²) in [6.45, 7) is 2.02. The van der Waals surface area contributed by atoms with E-state index in [1.807, 2.05) is 12.1 Å². The summed E-state index contributed by atoms with van der Waals surface area (Å²) in [6.07, 6.45) is 0. The van der Waals surface area contributed by atoms with Crippen molar-refractivity contribution < 1.29 is 19.2 Å². The van der Waals surface area contributed by atoms with Crippen LogP contribution in [0.3, 0.4) is 0 Å². The van der Waals surface area contributed by atoms with E-state index in [-0.39, 0.29) is 11.6 Å². The highest BCUT2D eigenvalue weighted by Gasteiger charge is 2.63. The Kier molecular flexibility index (Phi) is 4.43. The molecule has 28 heavy (non-hydrogen) atoms. The van der Waals surface area contributed by atoms with E-state index in [2.05, 4.69) is 0 Å². The van der Waals surface area contributed by atoms with Gasteiger partial charge in [-0.2, -0.15) is 0 Å². The number of hydrogen-bond donors (Lipinski definition) is 0. The lowest BCUT2D eigenvalue weighted by molar-refractivity contribution is -0.385. The van der Waals surface area contributed by atoms with Gasteiger partial charge in [-0.15, -0.1) is 11.6 Å². The molecule has 0 aromatic heterocycles. The normalized spacial score (nSPS) is 22.8. The molecule has 9 heteroatoms. The third-order valence-corrected chi connectivity index (χ3v) is 7.44. The third kappa shape index (κ3) is 2.48. The maximum Gasteiger partial charge on any atom is 0.272 e. The predicted octanol–water partition coefficient (Wildman–Crippen LogP) is 3.83. The molecule has 146 valence electrons. The summed E-state index contributed by atoms with van der Waals surface area (Å²) >= 11 is 7.91. The summed E-state index contributed by atoms with van der Waals surface area (Å²) in [5.41, 5.74) is 2.11. The van der Waals surface area contributed by atoms with Gasteiger partial charge < -0.3 is 14.4 Å². The van der Waals surface area contributed by atoms with E-state index < -0.39 is 15.2 Å². The van der Waals surface area contributed by atoms with Crippen LogP contribution in [0.2, 0.25) is 0 Å². The van der Waals surface area contributed by atoms with Crippen LogP contribution in [0, 0.1) is 17.0 Å². The lowest BCUT2D eigenvalue weighted by atomic mass is 9.90. The van der Waals surface area contributed by atoms with Gasteiger partial charge in [0.25, 0.3) is 5.69 Å². The molecular formula is C19H17ClN2O5S. The topological polar surface area (TPSA) is 81.9 Å². The number of hydrogen-bond acceptors (Lipinski definition) is 6. The molecule has 0 bridgehead atoms. The van der Waals surface area contributed by atoms with Crippen LogP contribution in [0.1, 0.15) is 16.7 Å². The number of rotatable bonds is 4. The maximum atomic E-state index is 12.5. The Morgan fingerprint density at radius 1 is 1.25 bits per heavy atom. The molecule has 4 rings (SSSR count). The summed E-state index contributed by atoms with van der Waals surface area (Å²) in [4.78, 5) is 25.2. The van der Waals surface area contributed by atoms with E-state index in [9.17, 15) is 14.9 Å². The maximum absolute atomic E-state index is 12.5. The van der Waals surface area contributed by atoms with Gasteiger partial charge in [0.05, 0.1) is 19.1 Å². The number of alkyl halides is 1. The molecule has 0 saturated carbocycles. The fourth-order valence-electron chi connectivity index (χ4n) is 3.69. The highest BCUT2D eigenvalue weighted by molar-refractivity contribution is 8.00. The van der Waals surface area contributed by atoms with Gasteiger partial charge in [0.15, 0.2) is 11.5 Å². The van der Waals surface area contributed by atoms with Crippen molar-refractivity contribution in [3.05, 3.63) is 57.1 Å². The van der Waals surface area contributed by atoms with Crippen LogP contribution in [0.4, 0.5) is 5.69 Å². The first kappa shape index (κ1) is 18.9. The summed E-state index contributed by atoms with van der Waals surface area (Å²) in [6, 6.07) is 8.71. The number of ether oxygens (including phenoxy) is 2. The fourth-order valence-corrected chi connectivity index (χ4v) is 5.65. The zero-order valence-corrected chi connectivity index (χ0v) is 17.0. The van der Waals surface area contributed by atoms with Crippen molar-refractivity contribution in [2.75, 3.05) is 14.2 Å². The summed E-state index contributed by atoms with van der Waals surface area (Å²) in [5.74, 6) is 0.956. The van der Waals surface area contributed by atoms with Crippen molar-refractivity contribution >= 4 is 35.0 Å². The smallest absolute Gasteiger partial charge is 0.272 e. The Bertz CT molecular complexity index is 1010. The van der Waals surface area contributed by atoms with Crippen LogP contribution >= 0.6 is 23.4 Å². The SMILES string of the molecule is COc1cc2c(cc1OC)S[C@@]1(c3ccc(C)c([N+](=O)[O-])c3)[C@H](Cl)C(=O)N1C2. The number of benzene rings is 2. The van der Waals surface area contributed by atoms with Crippen molar-refractivity contribution in [3.8, 4) is 11.5 Å². The molecule has 2 aliphatic rings. The Hall–Kier alpha value is -2.45. The molecule has 0 unspecified atom stereocenters. The van der Waals surface area contributed by atoms with Gasteiger partial charge in [-0.3, -0.25) is 14.9 Å². The molecule has 1 saturated heterocycles. The molecule has 2 aliphatic heterocycles. The predicted molar refractivity (Wildman–Crippen MR) is 105 cm³/mol. The van der Waals surface area contributed by atoms with E-state index in [1.165, 1.54) is 17.8 Å². The number of methoxy groups -OCH3 is 2. The minimum atomic E-state index is -0.899. The van der Waals surface area contributed by atoms with Crippen LogP contribution in [-0.2, 0) is 16.2 Å². The second kappa shape index (κ2) is 6.56. The molecule has 0 N–H and O–H groups in total. The number of carbonyl (C=O) groups excluding carboxylic acids is 1. The monoisotopic (exact) mass is 420 g/mol. The van der Waals surface area contributed by atoms with Gasteiger partial charge in [-0.1, -0.05) is 23.9 Å². The largest absolute Gasteiger partial charge is 0.493 e. The number of β-lactam (4-membered cyclic amide) rings is 1. The standard InChI is InChI=1S/C19H17ClN2O5S/c1-10-4-5-12(7-13(10)22(24)25)19-17(20)18(23)21(19)9-11-6-14(26-2)15(27-3)8-16(11)28-19/h4-8,17H,9H2,1-3H3/t17-,19+/m1/s1. The minimum Gasteiger partial charge on any atom is -0.493 e. The van der Waals surface area contributed by atoms with E-state index in [0.717, 1.165) is 10.5 Å². The van der Waals surface area contributed by atoms with Gasteiger partial charge in [-0.05, 0) is 30.2 Å². The van der Waals surface area contributed by atoms with Crippen molar-refractivity contribution in [1.82, 2.24) is 4.90 Å². The second-order valence-corrected chi connectivity index (χ2v) is 8.36. The van der Waals surface area contributed by atoms with Crippen molar-refractivity contribution in [1.29, 1.82) is 0 Å². The highest BCUT2D eigenvalue weighted by atomic mass is 35.5. The van der Waals surface area contributed by atoms with Gasteiger partial charge >= 0.3 is 0 Å². The highest BCUT2D eigenvalue weighted by Crippen LogP contribution is 2.60. The van der Waals surface area contributed by atoms with E-state index in [0.29, 0.717) is 29.2 Å². The van der Waals surface area contributed by atoms with E-state index >= 15 is 0 Å². The average molecular weight is 421 g/mol. The quantitative estimate of drug-likeness (QED) is 0.323. The fraction of sp³-hybridized carbons (Fsp3) is 0.316. The first-order chi connectivity index (χ1) is 13.3. The average Bonchev–Trinajstić information content (AvgIpc) is 2.70. The van der Waals surface area contributed by atoms with Gasteiger partial charge in [0, 0.05) is 23.1 Å². The number of halogens is 1. The molecule has 1 fully saturated rings. The van der Waals surface area contributed by atoms with Gasteiger partial charge in [0.2, 0.25) is 5.91 Å². The molecule has 2 heterocycles. The van der Waals surface area contributed by atoms with Crippen LogP contribution in [0.15, 0.2) is 35.2 Å². The number of carbonyl (C=O) groups is 1. The lowest BCUT2D eigenvalue weighted by Gasteiger charge is -2.57. The van der Waals surface area contributed by atoms with Crippen LogP contribution in [0.5, 0.6) is 11.5 Å². The Balaban J connectivity index is 1.86. The van der Waals surface area contributed by atoms with Crippen molar-refractivity contribution in [2.45, 2.75) is 28.6 Å². The summed E-state index contributed by atoms with van der Waals surface area (Å²) in [7, 11) is 3.11. The molecule has 2 aromatic rings. The van der Waals surface area contributed by atoms with E-state index in [4.69, 9.17) is 21.1 Å². The zero-order chi connectivity index (χ0) is 20.2. The zero-order valence-electron chi connectivity index (χ0n) is 15.4. The number of amides is 1. The first-order valence-corrected chi connectivity index (χ1v) is 9.73. The molecule has 0 radical (unpaired) electrons. The van der Waals surface area contributed by atoms with E-state index in [1.54, 1.807) is 38.2 Å².